The van der Waals surface area contributed by atoms with Crippen molar-refractivity contribution >= 4 is 51.2 Å². The molecule has 0 aliphatic carbocycles. The van der Waals surface area contributed by atoms with Crippen molar-refractivity contribution in [1.29, 1.82) is 0 Å². The molecule has 180 valence electrons. The number of benzene rings is 4. The molecule has 0 aliphatic heterocycles. The fourth-order valence-electron chi connectivity index (χ4n) is 3.60. The van der Waals surface area contributed by atoms with E-state index in [1.165, 1.54) is 13.0 Å². The van der Waals surface area contributed by atoms with Crippen LogP contribution in [-0.2, 0) is 4.79 Å². The van der Waals surface area contributed by atoms with Gasteiger partial charge in [0.25, 0.3) is 5.91 Å². The molecule has 9 heteroatoms. The summed E-state index contributed by atoms with van der Waals surface area (Å²) in [6, 6.07) is 20.1. The number of aryl methyl sites for hydroxylation is 1. The highest BCUT2D eigenvalue weighted by Gasteiger charge is 2.19. The summed E-state index contributed by atoms with van der Waals surface area (Å²) in [5, 5.41) is 26.2. The van der Waals surface area contributed by atoms with Gasteiger partial charge in [0.1, 0.15) is 5.69 Å². The van der Waals surface area contributed by atoms with E-state index >= 15 is 0 Å². The number of phenols is 1. The number of primary amides is 1. The lowest BCUT2D eigenvalue weighted by Crippen LogP contribution is -2.12. The van der Waals surface area contributed by atoms with E-state index in [1.807, 2.05) is 6.07 Å². The van der Waals surface area contributed by atoms with Gasteiger partial charge in [-0.3, -0.25) is 14.4 Å². The predicted octanol–water partition coefficient (Wildman–Crippen LogP) is 5.58. The van der Waals surface area contributed by atoms with Gasteiger partial charge in [0, 0.05) is 29.2 Å². The Morgan fingerprint density at radius 3 is 2.19 bits per heavy atom. The zero-order valence-corrected chi connectivity index (χ0v) is 19.6. The Hall–Kier alpha value is -5.05. The van der Waals surface area contributed by atoms with Crippen LogP contribution in [0, 0.1) is 6.92 Å². The van der Waals surface area contributed by atoms with E-state index in [-0.39, 0.29) is 28.5 Å². The largest absolute Gasteiger partial charge is 0.505 e. The molecule has 4 rings (SSSR count). The summed E-state index contributed by atoms with van der Waals surface area (Å²) in [6.45, 7) is 3.21. The van der Waals surface area contributed by atoms with Crippen LogP contribution < -0.4 is 16.4 Å². The Balaban J connectivity index is 1.71. The first-order valence-electron chi connectivity index (χ1n) is 11.0. The number of nitrogens with two attached hydrogens (primary N) is 1. The topological polar surface area (TPSA) is 146 Å². The molecule has 0 aromatic heterocycles. The number of rotatable bonds is 6. The Bertz CT molecular complexity index is 1530. The summed E-state index contributed by atoms with van der Waals surface area (Å²) in [4.78, 5) is 35.8. The van der Waals surface area contributed by atoms with Crippen molar-refractivity contribution in [2.45, 2.75) is 13.8 Å². The first-order chi connectivity index (χ1) is 17.2. The van der Waals surface area contributed by atoms with Gasteiger partial charge < -0.3 is 21.5 Å². The van der Waals surface area contributed by atoms with Gasteiger partial charge in [-0.2, -0.15) is 5.11 Å². The number of carbonyl (C=O) groups excluding carboxylic acids is 3. The smallest absolute Gasteiger partial charge is 0.259 e. The third-order valence-corrected chi connectivity index (χ3v) is 5.45. The lowest BCUT2D eigenvalue weighted by molar-refractivity contribution is -0.114. The molecule has 0 unspecified atom stereocenters. The summed E-state index contributed by atoms with van der Waals surface area (Å²) in [7, 11) is 0. The van der Waals surface area contributed by atoms with Gasteiger partial charge >= 0.3 is 0 Å². The molecular weight excluding hydrogens is 458 g/mol. The Morgan fingerprint density at radius 1 is 0.861 bits per heavy atom. The second-order valence-electron chi connectivity index (χ2n) is 8.12. The van der Waals surface area contributed by atoms with Crippen molar-refractivity contribution in [2.24, 2.45) is 16.0 Å². The van der Waals surface area contributed by atoms with Gasteiger partial charge in [-0.25, -0.2) is 0 Å². The van der Waals surface area contributed by atoms with Crippen LogP contribution >= 0.6 is 0 Å². The van der Waals surface area contributed by atoms with E-state index in [1.54, 1.807) is 67.6 Å². The zero-order chi connectivity index (χ0) is 25.8. The van der Waals surface area contributed by atoms with E-state index < -0.39 is 11.8 Å². The number of aromatic hydroxyl groups is 1. The van der Waals surface area contributed by atoms with Gasteiger partial charge in [-0.05, 0) is 60.3 Å². The molecule has 4 aromatic carbocycles. The summed E-state index contributed by atoms with van der Waals surface area (Å²) < 4.78 is 0. The first-order valence-corrected chi connectivity index (χ1v) is 11.0. The normalized spacial score (nSPS) is 10.9. The number of hydrogen-bond acceptors (Lipinski definition) is 6. The molecule has 0 radical (unpaired) electrons. The maximum absolute atomic E-state index is 13.1. The summed E-state index contributed by atoms with van der Waals surface area (Å²) in [6.07, 6.45) is 0. The van der Waals surface area contributed by atoms with Crippen LogP contribution in [-0.4, -0.2) is 22.8 Å². The number of amides is 3. The maximum atomic E-state index is 13.1. The highest BCUT2D eigenvalue weighted by Crippen LogP contribution is 2.40. The number of hydrogen-bond donors (Lipinski definition) is 4. The van der Waals surface area contributed by atoms with Crippen LogP contribution in [0.15, 0.2) is 83.0 Å². The summed E-state index contributed by atoms with van der Waals surface area (Å²) in [5.74, 6) is -1.68. The van der Waals surface area contributed by atoms with E-state index in [0.717, 1.165) is 5.56 Å². The van der Waals surface area contributed by atoms with E-state index in [4.69, 9.17) is 5.73 Å². The van der Waals surface area contributed by atoms with E-state index in [2.05, 4.69) is 20.9 Å². The minimum Gasteiger partial charge on any atom is -0.505 e. The van der Waals surface area contributed by atoms with Gasteiger partial charge in [0.15, 0.2) is 5.75 Å². The second kappa shape index (κ2) is 10.1. The van der Waals surface area contributed by atoms with Crippen molar-refractivity contribution in [3.8, 4) is 5.75 Å². The Kier molecular flexibility index (Phi) is 6.73. The van der Waals surface area contributed by atoms with Gasteiger partial charge in [0.2, 0.25) is 11.8 Å². The minimum atomic E-state index is -0.594. The molecule has 0 saturated carbocycles. The number of azo groups is 1. The van der Waals surface area contributed by atoms with Crippen LogP contribution in [0.3, 0.4) is 0 Å². The SMILES string of the molecule is CC(=O)Nc1ccc(NC(=O)c2cc3ccccc3c(N=Nc3cc(C(N)=O)ccc3C)c2O)cc1. The van der Waals surface area contributed by atoms with Crippen LogP contribution in [0.1, 0.15) is 33.2 Å². The molecule has 5 N–H and O–H groups in total. The number of phenolic OH excluding ortho intramolecular Hbond substituents is 1. The maximum Gasteiger partial charge on any atom is 0.259 e. The number of nitrogens with one attached hydrogen (secondary N) is 2. The molecule has 0 aliphatic rings. The molecule has 3 amide bonds. The number of fused-ring (bicyclic) bond motifs is 1. The molecular formula is C27H23N5O4. The van der Waals surface area contributed by atoms with Crippen molar-refractivity contribution in [1.82, 2.24) is 0 Å². The monoisotopic (exact) mass is 481 g/mol. The molecule has 9 nitrogen and oxygen atoms in total. The third kappa shape index (κ3) is 5.20. The number of nitrogens with zero attached hydrogens (tertiary/aromatic N) is 2. The molecule has 4 aromatic rings. The molecule has 0 atom stereocenters. The first kappa shape index (κ1) is 24.1. The van der Waals surface area contributed by atoms with E-state index in [9.17, 15) is 19.5 Å². The van der Waals surface area contributed by atoms with Crippen molar-refractivity contribution in [2.75, 3.05) is 10.6 Å². The number of anilines is 2. The minimum absolute atomic E-state index is 0.0104. The highest BCUT2D eigenvalue weighted by molar-refractivity contribution is 6.11. The standard InChI is InChI=1S/C27H23N5O4/c1-15-7-8-18(26(28)35)14-23(15)31-32-24-21-6-4-3-5-17(21)13-22(25(24)34)27(36)30-20-11-9-19(10-12-20)29-16(2)33/h3-14,34H,1-2H3,(H2,28,35)(H,29,33)(H,30,36). The molecule has 0 heterocycles. The zero-order valence-electron chi connectivity index (χ0n) is 19.6. The van der Waals surface area contributed by atoms with Crippen LogP contribution in [0.2, 0.25) is 0 Å². The predicted molar refractivity (Wildman–Crippen MR) is 138 cm³/mol. The summed E-state index contributed by atoms with van der Waals surface area (Å²) in [5.41, 5.74) is 8.00. The Morgan fingerprint density at radius 2 is 1.53 bits per heavy atom. The van der Waals surface area contributed by atoms with Crippen molar-refractivity contribution in [3.05, 3.63) is 89.5 Å². The molecule has 36 heavy (non-hydrogen) atoms. The lowest BCUT2D eigenvalue weighted by atomic mass is 10.0. The molecule has 0 saturated heterocycles. The molecule has 0 spiro atoms. The van der Waals surface area contributed by atoms with E-state index in [0.29, 0.717) is 27.8 Å². The lowest BCUT2D eigenvalue weighted by Gasteiger charge is -2.12. The average molecular weight is 482 g/mol. The molecule has 0 bridgehead atoms. The van der Waals surface area contributed by atoms with Crippen molar-refractivity contribution in [3.63, 3.8) is 0 Å². The van der Waals surface area contributed by atoms with Gasteiger partial charge in [0.05, 0.1) is 11.3 Å². The van der Waals surface area contributed by atoms with Crippen LogP contribution in [0.5, 0.6) is 5.75 Å². The fourth-order valence-corrected chi connectivity index (χ4v) is 3.60. The highest BCUT2D eigenvalue weighted by atomic mass is 16.3. The van der Waals surface area contributed by atoms with Crippen LogP contribution in [0.4, 0.5) is 22.7 Å². The molecule has 0 fully saturated rings. The Labute approximate surface area is 206 Å². The average Bonchev–Trinajstić information content (AvgIpc) is 2.84. The van der Waals surface area contributed by atoms with Gasteiger partial charge in [-0.1, -0.05) is 30.3 Å². The quantitative estimate of drug-likeness (QED) is 0.266. The van der Waals surface area contributed by atoms with Crippen molar-refractivity contribution < 1.29 is 19.5 Å². The second-order valence-corrected chi connectivity index (χ2v) is 8.12. The number of carbonyl (C=O) groups is 3. The summed E-state index contributed by atoms with van der Waals surface area (Å²) >= 11 is 0. The van der Waals surface area contributed by atoms with Gasteiger partial charge in [-0.15, -0.1) is 5.11 Å². The fraction of sp³-hybridized carbons (Fsp3) is 0.0741. The van der Waals surface area contributed by atoms with Crippen LogP contribution in [0.25, 0.3) is 10.8 Å². The third-order valence-electron chi connectivity index (χ3n) is 5.45.